The standard InChI is InChI=1S/C19H20F3N3O5/c1-3-4-9-30-16-8-5-12(10-17(16)29-2)18(26)24-23-14-7-6-13(19(20,21)22)11-15(14)25(27)28/h5-8,10-11,23H,3-4,9H2,1-2H3,(H,24,26). The first-order valence-corrected chi connectivity index (χ1v) is 8.90. The van der Waals surface area contributed by atoms with Crippen LogP contribution >= 0.6 is 0 Å². The highest BCUT2D eigenvalue weighted by Gasteiger charge is 2.33. The second-order valence-electron chi connectivity index (χ2n) is 6.13. The van der Waals surface area contributed by atoms with Crippen LogP contribution in [0.15, 0.2) is 36.4 Å². The molecular formula is C19H20F3N3O5. The second-order valence-corrected chi connectivity index (χ2v) is 6.13. The predicted octanol–water partition coefficient (Wildman–Crippen LogP) is 4.56. The number of nitrogens with one attached hydrogen (secondary N) is 2. The number of hydrazine groups is 1. The molecule has 0 aliphatic heterocycles. The smallest absolute Gasteiger partial charge is 0.416 e. The van der Waals surface area contributed by atoms with E-state index in [0.29, 0.717) is 30.2 Å². The van der Waals surface area contributed by atoms with E-state index in [9.17, 15) is 28.1 Å². The largest absolute Gasteiger partial charge is 0.493 e. The van der Waals surface area contributed by atoms with Crippen LogP contribution in [0, 0.1) is 10.1 Å². The number of hydrogen-bond donors (Lipinski definition) is 2. The van der Waals surface area contributed by atoms with E-state index in [0.717, 1.165) is 18.9 Å². The Morgan fingerprint density at radius 2 is 1.90 bits per heavy atom. The third-order valence-electron chi connectivity index (χ3n) is 4.01. The molecule has 0 spiro atoms. The SMILES string of the molecule is CCCCOc1ccc(C(=O)NNc2ccc(C(F)(F)F)cc2[N+](=O)[O-])cc1OC. The Balaban J connectivity index is 2.14. The van der Waals surface area contributed by atoms with Crippen LogP contribution in [0.4, 0.5) is 24.5 Å². The number of amides is 1. The number of unbranched alkanes of at least 4 members (excludes halogenated alkanes) is 1. The fraction of sp³-hybridized carbons (Fsp3) is 0.316. The Hall–Kier alpha value is -3.50. The van der Waals surface area contributed by atoms with E-state index in [1.807, 2.05) is 6.92 Å². The summed E-state index contributed by atoms with van der Waals surface area (Å²) in [6, 6.07) is 6.35. The zero-order valence-corrected chi connectivity index (χ0v) is 16.2. The van der Waals surface area contributed by atoms with Gasteiger partial charge in [0.05, 0.1) is 24.2 Å². The summed E-state index contributed by atoms with van der Waals surface area (Å²) in [6.07, 6.45) is -2.93. The second kappa shape index (κ2) is 9.81. The van der Waals surface area contributed by atoms with Crippen LogP contribution < -0.4 is 20.3 Å². The topological polar surface area (TPSA) is 103 Å². The maximum absolute atomic E-state index is 12.8. The zero-order chi connectivity index (χ0) is 22.3. The molecule has 0 radical (unpaired) electrons. The van der Waals surface area contributed by atoms with Gasteiger partial charge in [0.1, 0.15) is 5.69 Å². The molecule has 0 fully saturated rings. The molecule has 162 valence electrons. The van der Waals surface area contributed by atoms with Crippen molar-refractivity contribution in [3.63, 3.8) is 0 Å². The molecule has 0 atom stereocenters. The van der Waals surface area contributed by atoms with Crippen LogP contribution in [0.25, 0.3) is 0 Å². The van der Waals surface area contributed by atoms with E-state index >= 15 is 0 Å². The summed E-state index contributed by atoms with van der Waals surface area (Å²) in [4.78, 5) is 22.5. The number of ether oxygens (including phenoxy) is 2. The van der Waals surface area contributed by atoms with E-state index in [1.165, 1.54) is 19.2 Å². The molecule has 2 N–H and O–H groups in total. The molecule has 0 heterocycles. The van der Waals surface area contributed by atoms with Crippen molar-refractivity contribution in [2.45, 2.75) is 25.9 Å². The number of halogens is 3. The first-order valence-electron chi connectivity index (χ1n) is 8.90. The monoisotopic (exact) mass is 427 g/mol. The van der Waals surface area contributed by atoms with E-state index in [1.54, 1.807) is 6.07 Å². The molecule has 2 rings (SSSR count). The number of alkyl halides is 3. The molecule has 1 amide bonds. The molecular weight excluding hydrogens is 407 g/mol. The molecule has 0 aliphatic rings. The summed E-state index contributed by atoms with van der Waals surface area (Å²) in [5, 5.41) is 11.1. The maximum atomic E-state index is 12.8. The zero-order valence-electron chi connectivity index (χ0n) is 16.2. The molecule has 2 aromatic rings. The van der Waals surface area contributed by atoms with E-state index in [4.69, 9.17) is 9.47 Å². The van der Waals surface area contributed by atoms with Crippen molar-refractivity contribution in [3.8, 4) is 11.5 Å². The summed E-state index contributed by atoms with van der Waals surface area (Å²) in [5.74, 6) is 0.0932. The fourth-order valence-corrected chi connectivity index (χ4v) is 2.42. The predicted molar refractivity (Wildman–Crippen MR) is 103 cm³/mol. The normalized spacial score (nSPS) is 11.0. The molecule has 0 aliphatic carbocycles. The summed E-state index contributed by atoms with van der Waals surface area (Å²) < 4.78 is 49.1. The van der Waals surface area contributed by atoms with Crippen LogP contribution in [-0.2, 0) is 6.18 Å². The quantitative estimate of drug-likeness (QED) is 0.346. The molecule has 30 heavy (non-hydrogen) atoms. The van der Waals surface area contributed by atoms with Crippen LogP contribution in [0.2, 0.25) is 0 Å². The Labute approximate surface area is 170 Å². The molecule has 8 nitrogen and oxygen atoms in total. The number of carbonyl (C=O) groups is 1. The number of nitro groups is 1. The Morgan fingerprint density at radius 1 is 1.17 bits per heavy atom. The number of rotatable bonds is 9. The van der Waals surface area contributed by atoms with Crippen molar-refractivity contribution in [1.29, 1.82) is 0 Å². The van der Waals surface area contributed by atoms with Gasteiger partial charge >= 0.3 is 6.18 Å². The molecule has 0 bridgehead atoms. The maximum Gasteiger partial charge on any atom is 0.416 e. The molecule has 11 heteroatoms. The summed E-state index contributed by atoms with van der Waals surface area (Å²) >= 11 is 0. The lowest BCUT2D eigenvalue weighted by Crippen LogP contribution is -2.29. The summed E-state index contributed by atoms with van der Waals surface area (Å²) in [5.41, 5.74) is 2.35. The number of hydrogen-bond acceptors (Lipinski definition) is 6. The molecule has 0 unspecified atom stereocenters. The molecule has 0 aromatic heterocycles. The molecule has 0 saturated carbocycles. The van der Waals surface area contributed by atoms with Crippen molar-refractivity contribution >= 4 is 17.3 Å². The highest BCUT2D eigenvalue weighted by Crippen LogP contribution is 2.34. The third kappa shape index (κ3) is 5.75. The van der Waals surface area contributed by atoms with Crippen LogP contribution in [0.5, 0.6) is 11.5 Å². The van der Waals surface area contributed by atoms with Crippen LogP contribution in [0.3, 0.4) is 0 Å². The number of methoxy groups -OCH3 is 1. The first kappa shape index (κ1) is 22.8. The fourth-order valence-electron chi connectivity index (χ4n) is 2.42. The van der Waals surface area contributed by atoms with Gasteiger partial charge in [-0.1, -0.05) is 13.3 Å². The van der Waals surface area contributed by atoms with Gasteiger partial charge in [0.2, 0.25) is 0 Å². The van der Waals surface area contributed by atoms with E-state index in [-0.39, 0.29) is 11.3 Å². The average Bonchev–Trinajstić information content (AvgIpc) is 2.71. The van der Waals surface area contributed by atoms with Crippen molar-refractivity contribution in [2.24, 2.45) is 0 Å². The van der Waals surface area contributed by atoms with Gasteiger partial charge in [-0.25, -0.2) is 0 Å². The van der Waals surface area contributed by atoms with Crippen LogP contribution in [0.1, 0.15) is 35.7 Å². The van der Waals surface area contributed by atoms with Gasteiger partial charge in [-0.15, -0.1) is 0 Å². The van der Waals surface area contributed by atoms with Crippen molar-refractivity contribution < 1.29 is 32.4 Å². The number of carbonyl (C=O) groups excluding carboxylic acids is 1. The summed E-state index contributed by atoms with van der Waals surface area (Å²) in [7, 11) is 1.41. The third-order valence-corrected chi connectivity index (χ3v) is 4.01. The summed E-state index contributed by atoms with van der Waals surface area (Å²) in [6.45, 7) is 2.50. The van der Waals surface area contributed by atoms with Gasteiger partial charge in [-0.2, -0.15) is 13.2 Å². The Bertz CT molecular complexity index is 919. The van der Waals surface area contributed by atoms with Gasteiger partial charge in [0.25, 0.3) is 11.6 Å². The van der Waals surface area contributed by atoms with Gasteiger partial charge in [-0.3, -0.25) is 25.8 Å². The van der Waals surface area contributed by atoms with Crippen LogP contribution in [-0.4, -0.2) is 24.5 Å². The molecule has 2 aromatic carbocycles. The number of nitrogens with zero attached hydrogens (tertiary/aromatic N) is 1. The highest BCUT2D eigenvalue weighted by molar-refractivity contribution is 5.95. The van der Waals surface area contributed by atoms with Gasteiger partial charge in [-0.05, 0) is 36.8 Å². The number of benzene rings is 2. The molecule has 0 saturated heterocycles. The van der Waals surface area contributed by atoms with E-state index < -0.39 is 28.3 Å². The lowest BCUT2D eigenvalue weighted by atomic mass is 10.1. The van der Waals surface area contributed by atoms with Gasteiger partial charge in [0.15, 0.2) is 11.5 Å². The first-order chi connectivity index (χ1) is 14.2. The highest BCUT2D eigenvalue weighted by atomic mass is 19.4. The van der Waals surface area contributed by atoms with Crippen molar-refractivity contribution in [3.05, 3.63) is 57.6 Å². The van der Waals surface area contributed by atoms with Crippen molar-refractivity contribution in [1.82, 2.24) is 5.43 Å². The lowest BCUT2D eigenvalue weighted by molar-refractivity contribution is -0.384. The Kier molecular flexibility index (Phi) is 7.45. The average molecular weight is 427 g/mol. The van der Waals surface area contributed by atoms with E-state index in [2.05, 4.69) is 10.9 Å². The Morgan fingerprint density at radius 3 is 2.50 bits per heavy atom. The van der Waals surface area contributed by atoms with Gasteiger partial charge < -0.3 is 9.47 Å². The lowest BCUT2D eigenvalue weighted by Gasteiger charge is -2.13. The number of anilines is 1. The number of nitro benzene ring substituents is 1. The van der Waals surface area contributed by atoms with Crippen molar-refractivity contribution in [2.75, 3.05) is 19.1 Å². The minimum absolute atomic E-state index is 0.150. The van der Waals surface area contributed by atoms with Gasteiger partial charge in [0, 0.05) is 11.6 Å². The minimum Gasteiger partial charge on any atom is -0.493 e. The minimum atomic E-state index is -4.73.